The quantitative estimate of drug-likeness (QED) is 0.603. The number of hydrogen-bond acceptors (Lipinski definition) is 4. The molecule has 0 radical (unpaired) electrons. The van der Waals surface area contributed by atoms with E-state index in [9.17, 15) is 14.7 Å². The summed E-state index contributed by atoms with van der Waals surface area (Å²) >= 11 is 1.08. The number of aliphatic hydroxyl groups is 1. The number of carbonyl (C=O) groups is 2. The number of rotatable bonds is 5. The summed E-state index contributed by atoms with van der Waals surface area (Å²) in [6.07, 6.45) is 5.38. The van der Waals surface area contributed by atoms with E-state index in [0.717, 1.165) is 17.8 Å². The molecule has 0 aromatic carbocycles. The number of amides is 1. The third-order valence-electron chi connectivity index (χ3n) is 4.21. The zero-order valence-electron chi connectivity index (χ0n) is 15.4. The molecule has 0 saturated carbocycles. The predicted octanol–water partition coefficient (Wildman–Crippen LogP) is 3.10. The zero-order valence-corrected chi connectivity index (χ0v) is 16.3. The molecule has 2 N–H and O–H groups in total. The second-order valence-electron chi connectivity index (χ2n) is 6.34. The maximum Gasteiger partial charge on any atom is 0.345 e. The van der Waals surface area contributed by atoms with E-state index < -0.39 is 12.1 Å². The number of carbonyl (C=O) groups excluding carboxylic acids is 1. The number of carboxylic acids is 1. The van der Waals surface area contributed by atoms with Crippen molar-refractivity contribution in [2.45, 2.75) is 51.7 Å². The Morgan fingerprint density at radius 1 is 1.44 bits per heavy atom. The summed E-state index contributed by atoms with van der Waals surface area (Å²) in [4.78, 5) is 25.3. The van der Waals surface area contributed by atoms with Gasteiger partial charge in [-0.1, -0.05) is 26.0 Å². The third kappa shape index (κ3) is 5.99. The smallest absolute Gasteiger partial charge is 0.345 e. The van der Waals surface area contributed by atoms with Crippen LogP contribution in [0.25, 0.3) is 0 Å². The molecule has 142 valence electrons. The van der Waals surface area contributed by atoms with Crippen LogP contribution in [0.1, 0.15) is 54.1 Å². The summed E-state index contributed by atoms with van der Waals surface area (Å²) in [7, 11) is 0. The summed E-state index contributed by atoms with van der Waals surface area (Å²) < 4.78 is 0. The maximum absolute atomic E-state index is 12.1. The molecule has 1 unspecified atom stereocenters. The van der Waals surface area contributed by atoms with Crippen molar-refractivity contribution in [1.82, 2.24) is 4.90 Å². The van der Waals surface area contributed by atoms with Crippen molar-refractivity contribution in [3.8, 4) is 23.8 Å². The van der Waals surface area contributed by atoms with Crippen LogP contribution in [0.3, 0.4) is 0 Å². The van der Waals surface area contributed by atoms with Gasteiger partial charge in [0.1, 0.15) is 4.88 Å². The molecule has 5 nitrogen and oxygen atoms in total. The van der Waals surface area contributed by atoms with E-state index >= 15 is 0 Å². The standard InChI is InChI=1S/C21H23NO4S/c1-3-4-5-6-15(2)18(23)10-7-16-8-12-20(24)22(16)14-13-17-9-11-19(27-17)21(25)26/h7,9-11,15-16,18,23H,3,6,8,12H2,1-2H3,(H,25,26)/b10-7+/t15?,16-,18-/m0/s1. The first-order valence-corrected chi connectivity index (χ1v) is 9.73. The average molecular weight is 385 g/mol. The van der Waals surface area contributed by atoms with Gasteiger partial charge < -0.3 is 10.2 Å². The van der Waals surface area contributed by atoms with Crippen LogP contribution in [-0.2, 0) is 4.79 Å². The molecular weight excluding hydrogens is 362 g/mol. The first-order valence-electron chi connectivity index (χ1n) is 8.91. The van der Waals surface area contributed by atoms with Crippen LogP contribution >= 0.6 is 11.3 Å². The fraction of sp³-hybridized carbons (Fsp3) is 0.429. The molecular formula is C21H23NO4S. The lowest BCUT2D eigenvalue weighted by atomic mass is 10.00. The van der Waals surface area contributed by atoms with Gasteiger partial charge in [0.25, 0.3) is 0 Å². The molecule has 1 aliphatic rings. The molecule has 2 heterocycles. The lowest BCUT2D eigenvalue weighted by Gasteiger charge is -2.17. The summed E-state index contributed by atoms with van der Waals surface area (Å²) in [6, 6.07) is 5.79. The Hall–Kier alpha value is -2.54. The van der Waals surface area contributed by atoms with Gasteiger partial charge in [0.15, 0.2) is 0 Å². The number of nitrogens with zero attached hydrogens (tertiary/aromatic N) is 1. The van der Waals surface area contributed by atoms with E-state index in [1.165, 1.54) is 11.0 Å². The Balaban J connectivity index is 2.03. The van der Waals surface area contributed by atoms with Crippen molar-refractivity contribution >= 4 is 23.2 Å². The lowest BCUT2D eigenvalue weighted by Crippen LogP contribution is -2.27. The summed E-state index contributed by atoms with van der Waals surface area (Å²) in [5.74, 6) is 7.85. The Kier molecular flexibility index (Phi) is 7.67. The molecule has 1 aliphatic heterocycles. The SMILES string of the molecule is CCC#CCC(C)[C@@H](O)/C=C/[C@H]1CCC(=O)N1C#Cc1ccc(C(=O)O)s1. The molecule has 27 heavy (non-hydrogen) atoms. The molecule has 0 spiro atoms. The number of aliphatic hydroxyl groups excluding tert-OH is 1. The van der Waals surface area contributed by atoms with Crippen LogP contribution in [0.5, 0.6) is 0 Å². The minimum atomic E-state index is -0.988. The van der Waals surface area contributed by atoms with Crippen molar-refractivity contribution < 1.29 is 19.8 Å². The number of carboxylic acid groups (broad SMARTS) is 1. The molecule has 2 rings (SSSR count). The van der Waals surface area contributed by atoms with E-state index in [2.05, 4.69) is 23.8 Å². The minimum Gasteiger partial charge on any atom is -0.477 e. The first-order chi connectivity index (χ1) is 12.9. The molecule has 1 saturated heterocycles. The molecule has 1 fully saturated rings. The molecule has 0 bridgehead atoms. The topological polar surface area (TPSA) is 77.8 Å². The number of aromatic carboxylic acids is 1. The Labute approximate surface area is 163 Å². The number of thiophene rings is 1. The van der Waals surface area contributed by atoms with E-state index in [0.29, 0.717) is 24.1 Å². The molecule has 0 aliphatic carbocycles. The molecule has 1 amide bonds. The second-order valence-corrected chi connectivity index (χ2v) is 7.42. The highest BCUT2D eigenvalue weighted by Crippen LogP contribution is 2.21. The van der Waals surface area contributed by atoms with Gasteiger partial charge in [-0.15, -0.1) is 23.2 Å². The highest BCUT2D eigenvalue weighted by Gasteiger charge is 2.28. The second kappa shape index (κ2) is 9.97. The van der Waals surface area contributed by atoms with Gasteiger partial charge in [0.2, 0.25) is 5.91 Å². The van der Waals surface area contributed by atoms with Crippen molar-refractivity contribution in [3.05, 3.63) is 34.0 Å². The van der Waals surface area contributed by atoms with Gasteiger partial charge in [0.05, 0.1) is 17.0 Å². The molecule has 1 aromatic heterocycles. The molecule has 1 aromatic rings. The summed E-state index contributed by atoms with van der Waals surface area (Å²) in [5.41, 5.74) is 0. The highest BCUT2D eigenvalue weighted by molar-refractivity contribution is 7.14. The maximum atomic E-state index is 12.1. The molecule has 3 atom stereocenters. The van der Waals surface area contributed by atoms with Gasteiger partial charge in [-0.05, 0) is 30.4 Å². The fourth-order valence-electron chi connectivity index (χ4n) is 2.58. The van der Waals surface area contributed by atoms with Crippen LogP contribution < -0.4 is 0 Å². The van der Waals surface area contributed by atoms with Crippen LogP contribution in [-0.4, -0.2) is 39.1 Å². The summed E-state index contributed by atoms with van der Waals surface area (Å²) in [5, 5.41) is 19.2. The van der Waals surface area contributed by atoms with E-state index in [4.69, 9.17) is 5.11 Å². The third-order valence-corrected chi connectivity index (χ3v) is 5.20. The Bertz CT molecular complexity index is 834. The van der Waals surface area contributed by atoms with Gasteiger partial charge in [-0.25, -0.2) is 4.79 Å². The first kappa shape index (κ1) is 20.8. The highest BCUT2D eigenvalue weighted by atomic mass is 32.1. The van der Waals surface area contributed by atoms with Gasteiger partial charge in [0, 0.05) is 25.3 Å². The monoisotopic (exact) mass is 385 g/mol. The number of hydrogen-bond donors (Lipinski definition) is 2. The normalized spacial score (nSPS) is 18.6. The van der Waals surface area contributed by atoms with E-state index in [1.54, 1.807) is 12.1 Å². The molecule has 6 heteroatoms. The van der Waals surface area contributed by atoms with Crippen molar-refractivity contribution in [2.24, 2.45) is 5.92 Å². The average Bonchev–Trinajstić information content (AvgIpc) is 3.25. The van der Waals surface area contributed by atoms with Crippen LogP contribution in [0.2, 0.25) is 0 Å². The predicted molar refractivity (Wildman–Crippen MR) is 105 cm³/mol. The largest absolute Gasteiger partial charge is 0.477 e. The summed E-state index contributed by atoms with van der Waals surface area (Å²) in [6.45, 7) is 3.92. The Morgan fingerprint density at radius 3 is 2.89 bits per heavy atom. The van der Waals surface area contributed by atoms with Gasteiger partial charge in [-0.3, -0.25) is 9.69 Å². The fourth-order valence-corrected chi connectivity index (χ4v) is 3.27. The number of likely N-dealkylation sites (tertiary alicyclic amines) is 1. The van der Waals surface area contributed by atoms with Crippen molar-refractivity contribution in [2.75, 3.05) is 0 Å². The van der Waals surface area contributed by atoms with Crippen molar-refractivity contribution in [3.63, 3.8) is 0 Å². The van der Waals surface area contributed by atoms with Crippen LogP contribution in [0.4, 0.5) is 0 Å². The Morgan fingerprint density at radius 2 is 2.22 bits per heavy atom. The van der Waals surface area contributed by atoms with Crippen LogP contribution in [0.15, 0.2) is 24.3 Å². The minimum absolute atomic E-state index is 0.0116. The van der Waals surface area contributed by atoms with E-state index in [1.807, 2.05) is 19.9 Å². The zero-order chi connectivity index (χ0) is 19.8. The van der Waals surface area contributed by atoms with Crippen molar-refractivity contribution in [1.29, 1.82) is 0 Å². The van der Waals surface area contributed by atoms with Gasteiger partial charge >= 0.3 is 5.97 Å². The van der Waals surface area contributed by atoms with Crippen LogP contribution in [0, 0.1) is 29.7 Å². The van der Waals surface area contributed by atoms with Gasteiger partial charge in [-0.2, -0.15) is 0 Å². The lowest BCUT2D eigenvalue weighted by molar-refractivity contribution is -0.125. The van der Waals surface area contributed by atoms with E-state index in [-0.39, 0.29) is 22.7 Å².